The summed E-state index contributed by atoms with van der Waals surface area (Å²) in [6, 6.07) is 5.55. The van der Waals surface area contributed by atoms with Crippen LogP contribution in [0, 0.1) is 5.41 Å². The molecule has 20 heavy (non-hydrogen) atoms. The van der Waals surface area contributed by atoms with Gasteiger partial charge in [0, 0.05) is 41.9 Å². The van der Waals surface area contributed by atoms with E-state index in [0.29, 0.717) is 31.7 Å². The molecule has 0 radical (unpaired) electrons. The lowest BCUT2D eigenvalue weighted by atomic mass is 10.1. The molecule has 0 saturated carbocycles. The van der Waals surface area contributed by atoms with Gasteiger partial charge in [-0.25, -0.2) is 8.42 Å². The van der Waals surface area contributed by atoms with Crippen molar-refractivity contribution in [1.29, 1.82) is 5.41 Å². The maximum absolute atomic E-state index is 11.5. The van der Waals surface area contributed by atoms with Gasteiger partial charge in [0.1, 0.15) is 5.84 Å². The third-order valence-corrected chi connectivity index (χ3v) is 5.09. The highest BCUT2D eigenvalue weighted by Crippen LogP contribution is 2.26. The highest BCUT2D eigenvalue weighted by atomic mass is 79.9. The number of rotatable bonds is 3. The van der Waals surface area contributed by atoms with E-state index in [1.807, 2.05) is 12.1 Å². The van der Waals surface area contributed by atoms with Gasteiger partial charge in [-0.3, -0.25) is 5.41 Å². The van der Waals surface area contributed by atoms with Crippen LogP contribution in [0.2, 0.25) is 0 Å². The summed E-state index contributed by atoms with van der Waals surface area (Å²) >= 11 is 3.41. The second-order valence-electron chi connectivity index (χ2n) is 4.72. The van der Waals surface area contributed by atoms with Crippen molar-refractivity contribution in [1.82, 2.24) is 4.31 Å². The summed E-state index contributed by atoms with van der Waals surface area (Å²) in [6.07, 6.45) is 1.22. The fourth-order valence-corrected chi connectivity index (χ4v) is 3.43. The van der Waals surface area contributed by atoms with Gasteiger partial charge in [0.2, 0.25) is 10.0 Å². The van der Waals surface area contributed by atoms with Gasteiger partial charge in [-0.15, -0.1) is 0 Å². The molecule has 1 fully saturated rings. The molecule has 0 aromatic heterocycles. The number of benzene rings is 1. The summed E-state index contributed by atoms with van der Waals surface area (Å²) in [6.45, 7) is 2.07. The van der Waals surface area contributed by atoms with Gasteiger partial charge < -0.3 is 10.6 Å². The first-order valence-corrected chi connectivity index (χ1v) is 8.77. The van der Waals surface area contributed by atoms with E-state index in [9.17, 15) is 8.42 Å². The number of hydrogen-bond acceptors (Lipinski definition) is 4. The van der Waals surface area contributed by atoms with Crippen LogP contribution in [0.15, 0.2) is 22.7 Å². The van der Waals surface area contributed by atoms with Crippen molar-refractivity contribution in [2.24, 2.45) is 5.73 Å². The number of sulfonamides is 1. The largest absolute Gasteiger partial charge is 0.384 e. The number of halogens is 1. The average molecular weight is 361 g/mol. The maximum Gasteiger partial charge on any atom is 0.211 e. The van der Waals surface area contributed by atoms with Crippen molar-refractivity contribution >= 4 is 37.5 Å². The monoisotopic (exact) mass is 360 g/mol. The number of piperazine rings is 1. The van der Waals surface area contributed by atoms with E-state index >= 15 is 0 Å². The van der Waals surface area contributed by atoms with Crippen LogP contribution in [0.4, 0.5) is 5.69 Å². The predicted octanol–water partition coefficient (Wildman–Crippen LogP) is 0.815. The van der Waals surface area contributed by atoms with Crippen LogP contribution in [-0.4, -0.2) is 51.0 Å². The predicted molar refractivity (Wildman–Crippen MR) is 83.8 cm³/mol. The highest BCUT2D eigenvalue weighted by Gasteiger charge is 2.25. The fraction of sp³-hybridized carbons (Fsp3) is 0.417. The Morgan fingerprint density at radius 3 is 2.40 bits per heavy atom. The lowest BCUT2D eigenvalue weighted by Gasteiger charge is -2.35. The van der Waals surface area contributed by atoms with E-state index in [-0.39, 0.29) is 5.84 Å². The molecule has 0 aliphatic carbocycles. The molecular formula is C12H17BrN4O2S. The summed E-state index contributed by atoms with van der Waals surface area (Å²) in [7, 11) is -3.14. The molecule has 0 amide bonds. The molecule has 0 bridgehead atoms. The molecule has 1 aliphatic rings. The number of nitrogens with one attached hydrogen (secondary N) is 1. The van der Waals surface area contributed by atoms with Gasteiger partial charge in [-0.1, -0.05) is 15.9 Å². The van der Waals surface area contributed by atoms with E-state index in [4.69, 9.17) is 11.1 Å². The molecule has 2 rings (SSSR count). The number of nitrogens with zero attached hydrogens (tertiary/aromatic N) is 2. The molecule has 110 valence electrons. The van der Waals surface area contributed by atoms with E-state index in [1.165, 1.54) is 10.6 Å². The van der Waals surface area contributed by atoms with E-state index in [0.717, 1.165) is 10.2 Å². The fourth-order valence-electron chi connectivity index (χ4n) is 2.25. The van der Waals surface area contributed by atoms with Crippen LogP contribution < -0.4 is 10.6 Å². The molecule has 1 aromatic carbocycles. The normalized spacial score (nSPS) is 17.2. The lowest BCUT2D eigenvalue weighted by Crippen LogP contribution is -2.48. The zero-order valence-electron chi connectivity index (χ0n) is 11.1. The summed E-state index contributed by atoms with van der Waals surface area (Å²) < 4.78 is 25.4. The molecule has 0 atom stereocenters. The first-order chi connectivity index (χ1) is 9.29. The minimum atomic E-state index is -3.14. The van der Waals surface area contributed by atoms with Crippen LogP contribution in [0.5, 0.6) is 0 Å². The standard InChI is InChI=1S/C12H17BrN4O2S/c1-20(18,19)17-6-4-16(5-7-17)11-8-9(13)2-3-10(11)12(14)15/h2-3,8H,4-7H2,1H3,(H3,14,15). The highest BCUT2D eigenvalue weighted by molar-refractivity contribution is 9.10. The van der Waals surface area contributed by atoms with Crippen molar-refractivity contribution in [2.75, 3.05) is 37.3 Å². The van der Waals surface area contributed by atoms with Gasteiger partial charge >= 0.3 is 0 Å². The first-order valence-electron chi connectivity index (χ1n) is 6.13. The van der Waals surface area contributed by atoms with Crippen molar-refractivity contribution in [2.45, 2.75) is 0 Å². The molecule has 1 aliphatic heterocycles. The molecule has 0 spiro atoms. The van der Waals surface area contributed by atoms with Crippen LogP contribution in [0.25, 0.3) is 0 Å². The Bertz CT molecular complexity index is 624. The van der Waals surface area contributed by atoms with Gasteiger partial charge in [0.15, 0.2) is 0 Å². The van der Waals surface area contributed by atoms with Gasteiger partial charge in [-0.05, 0) is 18.2 Å². The second-order valence-corrected chi connectivity index (χ2v) is 7.62. The number of anilines is 1. The zero-order chi connectivity index (χ0) is 14.9. The smallest absolute Gasteiger partial charge is 0.211 e. The van der Waals surface area contributed by atoms with Gasteiger partial charge in [0.25, 0.3) is 0 Å². The molecule has 1 heterocycles. The Balaban J connectivity index is 2.22. The minimum absolute atomic E-state index is 0.0121. The van der Waals surface area contributed by atoms with Gasteiger partial charge in [-0.2, -0.15) is 4.31 Å². The Morgan fingerprint density at radius 1 is 1.30 bits per heavy atom. The maximum atomic E-state index is 11.5. The summed E-state index contributed by atoms with van der Waals surface area (Å²) in [5.41, 5.74) is 7.13. The Hall–Kier alpha value is -1.12. The van der Waals surface area contributed by atoms with Crippen LogP contribution in [0.1, 0.15) is 5.56 Å². The molecule has 3 N–H and O–H groups in total. The molecule has 6 nitrogen and oxygen atoms in total. The number of amidine groups is 1. The summed E-state index contributed by atoms with van der Waals surface area (Å²) in [5.74, 6) is 0.0121. The van der Waals surface area contributed by atoms with E-state index < -0.39 is 10.0 Å². The van der Waals surface area contributed by atoms with Gasteiger partial charge in [0.05, 0.1) is 6.26 Å². The first kappa shape index (κ1) is 15.3. The second kappa shape index (κ2) is 5.71. The number of nitrogens with two attached hydrogens (primary N) is 1. The zero-order valence-corrected chi connectivity index (χ0v) is 13.5. The molecular weight excluding hydrogens is 344 g/mol. The van der Waals surface area contributed by atoms with Crippen molar-refractivity contribution in [3.63, 3.8) is 0 Å². The van der Waals surface area contributed by atoms with Crippen LogP contribution in [0.3, 0.4) is 0 Å². The average Bonchev–Trinajstić information content (AvgIpc) is 2.37. The Kier molecular flexibility index (Phi) is 4.36. The van der Waals surface area contributed by atoms with E-state index in [2.05, 4.69) is 20.8 Å². The topological polar surface area (TPSA) is 90.5 Å². The van der Waals surface area contributed by atoms with Crippen molar-refractivity contribution in [3.8, 4) is 0 Å². The van der Waals surface area contributed by atoms with E-state index in [1.54, 1.807) is 6.07 Å². The molecule has 0 unspecified atom stereocenters. The van der Waals surface area contributed by atoms with Crippen LogP contribution in [-0.2, 0) is 10.0 Å². The Morgan fingerprint density at radius 2 is 1.90 bits per heavy atom. The third-order valence-electron chi connectivity index (χ3n) is 3.30. The Labute approximate surface area is 127 Å². The summed E-state index contributed by atoms with van der Waals surface area (Å²) in [4.78, 5) is 2.06. The number of nitrogen functional groups attached to an aromatic ring is 1. The summed E-state index contributed by atoms with van der Waals surface area (Å²) in [5, 5.41) is 7.63. The molecule has 1 aromatic rings. The number of hydrogen-bond donors (Lipinski definition) is 2. The molecule has 8 heteroatoms. The quantitative estimate of drug-likeness (QED) is 0.616. The van der Waals surface area contributed by atoms with Crippen LogP contribution >= 0.6 is 15.9 Å². The van der Waals surface area contributed by atoms with Crippen molar-refractivity contribution < 1.29 is 8.42 Å². The molecule has 1 saturated heterocycles. The SMILES string of the molecule is CS(=O)(=O)N1CCN(c2cc(Br)ccc2C(=N)N)CC1. The minimum Gasteiger partial charge on any atom is -0.384 e. The van der Waals surface area contributed by atoms with Crippen molar-refractivity contribution in [3.05, 3.63) is 28.2 Å². The third kappa shape index (κ3) is 3.31. The lowest BCUT2D eigenvalue weighted by molar-refractivity contribution is 0.388.